The zero-order chi connectivity index (χ0) is 18.1. The molecular weight excluding hydrogens is 390 g/mol. The maximum absolute atomic E-state index is 12.7. The van der Waals surface area contributed by atoms with E-state index in [-0.39, 0.29) is 12.0 Å². The van der Waals surface area contributed by atoms with Crippen LogP contribution >= 0.6 is 35.6 Å². The van der Waals surface area contributed by atoms with Crippen molar-refractivity contribution in [2.75, 3.05) is 13.2 Å². The molecule has 134 valence electrons. The third-order valence-electron chi connectivity index (χ3n) is 4.32. The Hall–Kier alpha value is -1.60. The fourth-order valence-corrected chi connectivity index (χ4v) is 4.50. The Balaban J connectivity index is 1.53. The van der Waals surface area contributed by atoms with Crippen molar-refractivity contribution in [2.45, 2.75) is 18.9 Å². The molecule has 2 saturated heterocycles. The van der Waals surface area contributed by atoms with Crippen LogP contribution in [0, 0.1) is 0 Å². The number of rotatable bonds is 4. The Morgan fingerprint density at radius 2 is 2.15 bits per heavy atom. The Kier molecular flexibility index (Phi) is 5.18. The molecule has 1 atom stereocenters. The lowest BCUT2D eigenvalue weighted by Crippen LogP contribution is -2.35. The van der Waals surface area contributed by atoms with Gasteiger partial charge in [-0.05, 0) is 37.1 Å². The van der Waals surface area contributed by atoms with Crippen LogP contribution in [0.15, 0.2) is 45.7 Å². The SMILES string of the molecule is O=C1/C(=C\c2ccc(-c3ccccc3Cl)o2)SC(=S)N1C[C@H]1CCCO1. The first-order valence-electron chi connectivity index (χ1n) is 8.33. The molecule has 0 radical (unpaired) electrons. The van der Waals surface area contributed by atoms with Gasteiger partial charge in [0.2, 0.25) is 0 Å². The number of hydrogen-bond acceptors (Lipinski definition) is 5. The first-order chi connectivity index (χ1) is 12.6. The van der Waals surface area contributed by atoms with E-state index in [0.717, 1.165) is 25.0 Å². The highest BCUT2D eigenvalue weighted by Crippen LogP contribution is 2.35. The molecule has 1 amide bonds. The van der Waals surface area contributed by atoms with E-state index >= 15 is 0 Å². The fraction of sp³-hybridized carbons (Fsp3) is 0.263. The van der Waals surface area contributed by atoms with E-state index in [9.17, 15) is 4.79 Å². The van der Waals surface area contributed by atoms with Gasteiger partial charge in [0.15, 0.2) is 0 Å². The highest BCUT2D eigenvalue weighted by Gasteiger charge is 2.34. The maximum Gasteiger partial charge on any atom is 0.266 e. The molecule has 2 aromatic rings. The Bertz CT molecular complexity index is 886. The van der Waals surface area contributed by atoms with Gasteiger partial charge in [0.05, 0.1) is 22.6 Å². The van der Waals surface area contributed by atoms with E-state index in [1.54, 1.807) is 11.0 Å². The first kappa shape index (κ1) is 17.8. The molecule has 0 N–H and O–H groups in total. The summed E-state index contributed by atoms with van der Waals surface area (Å²) in [4.78, 5) is 14.9. The van der Waals surface area contributed by atoms with E-state index in [1.165, 1.54) is 11.8 Å². The predicted molar refractivity (Wildman–Crippen MR) is 108 cm³/mol. The van der Waals surface area contributed by atoms with Gasteiger partial charge in [-0.25, -0.2) is 0 Å². The predicted octanol–water partition coefficient (Wildman–Crippen LogP) is 4.98. The molecule has 1 aromatic carbocycles. The number of hydrogen-bond donors (Lipinski definition) is 0. The van der Waals surface area contributed by atoms with Crippen LogP contribution < -0.4 is 0 Å². The van der Waals surface area contributed by atoms with Gasteiger partial charge in [-0.2, -0.15) is 0 Å². The quantitative estimate of drug-likeness (QED) is 0.530. The fourth-order valence-electron chi connectivity index (χ4n) is 3.01. The van der Waals surface area contributed by atoms with Crippen LogP contribution in [0.5, 0.6) is 0 Å². The normalized spacial score (nSPS) is 22.0. The first-order valence-corrected chi connectivity index (χ1v) is 9.94. The average molecular weight is 406 g/mol. The standard InChI is InChI=1S/C19H16ClNO3S2/c20-15-6-2-1-5-14(15)16-8-7-12(24-16)10-17-18(22)21(19(25)26-17)11-13-4-3-9-23-13/h1-2,5-8,10,13H,3-4,9,11H2/b17-10+/t13-/m1/s1. The van der Waals surface area contributed by atoms with Crippen LogP contribution in [0.1, 0.15) is 18.6 Å². The average Bonchev–Trinajstić information content (AvgIpc) is 3.35. The van der Waals surface area contributed by atoms with Crippen LogP contribution in [0.4, 0.5) is 0 Å². The minimum atomic E-state index is -0.0915. The number of carbonyl (C=O) groups excluding carboxylic acids is 1. The van der Waals surface area contributed by atoms with Crippen molar-refractivity contribution >= 4 is 51.9 Å². The molecular formula is C19H16ClNO3S2. The minimum Gasteiger partial charge on any atom is -0.457 e. The third kappa shape index (κ3) is 3.60. The summed E-state index contributed by atoms with van der Waals surface area (Å²) < 4.78 is 12.0. The van der Waals surface area contributed by atoms with E-state index in [4.69, 9.17) is 33.0 Å². The number of furan rings is 1. The second-order valence-corrected chi connectivity index (χ2v) is 8.19. The molecule has 4 nitrogen and oxygen atoms in total. The number of thioether (sulfide) groups is 1. The van der Waals surface area contributed by atoms with Gasteiger partial charge in [-0.3, -0.25) is 9.69 Å². The van der Waals surface area contributed by atoms with Gasteiger partial charge < -0.3 is 9.15 Å². The molecule has 26 heavy (non-hydrogen) atoms. The smallest absolute Gasteiger partial charge is 0.266 e. The topological polar surface area (TPSA) is 42.7 Å². The van der Waals surface area contributed by atoms with Crippen molar-refractivity contribution in [3.8, 4) is 11.3 Å². The van der Waals surface area contributed by atoms with Crippen molar-refractivity contribution in [1.82, 2.24) is 4.90 Å². The van der Waals surface area contributed by atoms with E-state index in [0.29, 0.717) is 32.3 Å². The van der Waals surface area contributed by atoms with Crippen molar-refractivity contribution in [3.05, 3.63) is 52.1 Å². The van der Waals surface area contributed by atoms with Crippen molar-refractivity contribution in [1.29, 1.82) is 0 Å². The number of halogens is 1. The van der Waals surface area contributed by atoms with Gasteiger partial charge in [0.1, 0.15) is 15.8 Å². The lowest BCUT2D eigenvalue weighted by molar-refractivity contribution is -0.123. The summed E-state index contributed by atoms with van der Waals surface area (Å²) >= 11 is 12.9. The number of ether oxygens (including phenoxy) is 1. The Morgan fingerprint density at radius 1 is 1.31 bits per heavy atom. The Morgan fingerprint density at radius 3 is 2.92 bits per heavy atom. The molecule has 0 saturated carbocycles. The van der Waals surface area contributed by atoms with E-state index < -0.39 is 0 Å². The molecule has 0 aliphatic carbocycles. The highest BCUT2D eigenvalue weighted by molar-refractivity contribution is 8.26. The molecule has 3 heterocycles. The number of thiocarbonyl (C=S) groups is 1. The highest BCUT2D eigenvalue weighted by atomic mass is 35.5. The summed E-state index contributed by atoms with van der Waals surface area (Å²) in [5.74, 6) is 1.17. The number of carbonyl (C=O) groups is 1. The Labute approximate surface area is 166 Å². The van der Waals surface area contributed by atoms with Crippen molar-refractivity contribution in [2.24, 2.45) is 0 Å². The molecule has 2 aliphatic heterocycles. The van der Waals surface area contributed by atoms with E-state index in [2.05, 4.69) is 0 Å². The summed E-state index contributed by atoms with van der Waals surface area (Å²) in [6, 6.07) is 11.2. The maximum atomic E-state index is 12.7. The third-order valence-corrected chi connectivity index (χ3v) is 6.03. The zero-order valence-corrected chi connectivity index (χ0v) is 16.2. The van der Waals surface area contributed by atoms with Crippen LogP contribution in [0.25, 0.3) is 17.4 Å². The molecule has 0 spiro atoms. The molecule has 2 aliphatic rings. The largest absolute Gasteiger partial charge is 0.457 e. The number of nitrogens with zero attached hydrogens (tertiary/aromatic N) is 1. The molecule has 7 heteroatoms. The van der Waals surface area contributed by atoms with E-state index in [1.807, 2.05) is 36.4 Å². The summed E-state index contributed by atoms with van der Waals surface area (Å²) in [6.07, 6.45) is 3.81. The zero-order valence-electron chi connectivity index (χ0n) is 13.8. The lowest BCUT2D eigenvalue weighted by Gasteiger charge is -2.18. The summed E-state index contributed by atoms with van der Waals surface area (Å²) in [7, 11) is 0. The minimum absolute atomic E-state index is 0.0762. The van der Waals surface area contributed by atoms with Crippen LogP contribution in [0.3, 0.4) is 0 Å². The summed E-state index contributed by atoms with van der Waals surface area (Å²) in [5.41, 5.74) is 0.819. The summed E-state index contributed by atoms with van der Waals surface area (Å²) in [6.45, 7) is 1.28. The van der Waals surface area contributed by atoms with Crippen molar-refractivity contribution in [3.63, 3.8) is 0 Å². The molecule has 0 bridgehead atoms. The lowest BCUT2D eigenvalue weighted by atomic mass is 10.2. The van der Waals surface area contributed by atoms with Gasteiger partial charge in [0.25, 0.3) is 5.91 Å². The number of benzene rings is 1. The van der Waals surface area contributed by atoms with Gasteiger partial charge in [-0.1, -0.05) is 47.7 Å². The van der Waals surface area contributed by atoms with Crippen LogP contribution in [-0.4, -0.2) is 34.4 Å². The van der Waals surface area contributed by atoms with Gasteiger partial charge in [0, 0.05) is 18.2 Å². The number of amides is 1. The summed E-state index contributed by atoms with van der Waals surface area (Å²) in [5, 5.41) is 0.622. The molecule has 0 unspecified atom stereocenters. The van der Waals surface area contributed by atoms with Gasteiger partial charge >= 0.3 is 0 Å². The van der Waals surface area contributed by atoms with Crippen molar-refractivity contribution < 1.29 is 13.9 Å². The molecule has 4 rings (SSSR count). The monoisotopic (exact) mass is 405 g/mol. The second kappa shape index (κ2) is 7.56. The van der Waals surface area contributed by atoms with Crippen LogP contribution in [0.2, 0.25) is 5.02 Å². The molecule has 2 fully saturated rings. The van der Waals surface area contributed by atoms with Crippen LogP contribution in [-0.2, 0) is 9.53 Å². The van der Waals surface area contributed by atoms with Gasteiger partial charge in [-0.15, -0.1) is 0 Å². The second-order valence-electron chi connectivity index (χ2n) is 6.11. The molecule has 1 aromatic heterocycles.